The maximum Gasteiger partial charge on any atom is 0.341 e. The molecule has 1 aromatic carbocycles. The Hall–Kier alpha value is -1.49. The molecule has 1 rings (SSSR count). The molecule has 0 atom stereocenters. The van der Waals surface area contributed by atoms with Crippen molar-refractivity contribution in [1.29, 1.82) is 0 Å². The lowest BCUT2D eigenvalue weighted by Gasteiger charge is -2.07. The summed E-state index contributed by atoms with van der Waals surface area (Å²) in [4.78, 5) is 23.0. The number of benzene rings is 1. The first-order valence-corrected chi connectivity index (χ1v) is 5.35. The van der Waals surface area contributed by atoms with E-state index in [-0.39, 0.29) is 5.12 Å². The Morgan fingerprint density at radius 2 is 1.94 bits per heavy atom. The fourth-order valence-electron chi connectivity index (χ4n) is 1.18. The minimum Gasteiger partial charge on any atom is -0.496 e. The molecule has 0 saturated heterocycles. The lowest BCUT2D eigenvalue weighted by molar-refractivity contribution is -0.109. The van der Waals surface area contributed by atoms with Crippen LogP contribution in [0.5, 0.6) is 5.75 Å². The average molecular weight is 240 g/mol. The zero-order valence-electron chi connectivity index (χ0n) is 9.27. The third kappa shape index (κ3) is 3.00. The van der Waals surface area contributed by atoms with Crippen LogP contribution in [0.15, 0.2) is 23.1 Å². The molecule has 0 unspecified atom stereocenters. The molecule has 0 aliphatic rings. The topological polar surface area (TPSA) is 52.6 Å². The van der Waals surface area contributed by atoms with Crippen LogP contribution in [-0.4, -0.2) is 25.3 Å². The van der Waals surface area contributed by atoms with Crippen molar-refractivity contribution >= 4 is 22.8 Å². The van der Waals surface area contributed by atoms with Gasteiger partial charge in [0.25, 0.3) is 0 Å². The number of thioether (sulfide) groups is 1. The zero-order valence-corrected chi connectivity index (χ0v) is 10.1. The first-order chi connectivity index (χ1) is 7.58. The van der Waals surface area contributed by atoms with Crippen LogP contribution in [0.3, 0.4) is 0 Å². The maximum absolute atomic E-state index is 11.4. The Labute approximate surface area is 97.9 Å². The van der Waals surface area contributed by atoms with Crippen molar-refractivity contribution in [1.82, 2.24) is 0 Å². The van der Waals surface area contributed by atoms with E-state index in [1.807, 2.05) is 0 Å². The largest absolute Gasteiger partial charge is 0.496 e. The molecule has 5 heteroatoms. The summed E-state index contributed by atoms with van der Waals surface area (Å²) in [5.74, 6) is -0.0608. The van der Waals surface area contributed by atoms with Gasteiger partial charge in [-0.05, 0) is 18.2 Å². The SMILES string of the molecule is COC(=O)c1ccc(SC(C)=O)cc1OC. The minimum atomic E-state index is -0.462. The molecule has 4 nitrogen and oxygen atoms in total. The minimum absolute atomic E-state index is 0.0205. The highest BCUT2D eigenvalue weighted by atomic mass is 32.2. The Morgan fingerprint density at radius 1 is 1.25 bits per heavy atom. The molecule has 0 radical (unpaired) electrons. The van der Waals surface area contributed by atoms with Gasteiger partial charge < -0.3 is 9.47 Å². The quantitative estimate of drug-likeness (QED) is 0.598. The molecule has 0 fully saturated rings. The summed E-state index contributed by atoms with van der Waals surface area (Å²) in [6, 6.07) is 4.90. The van der Waals surface area contributed by atoms with Crippen LogP contribution in [-0.2, 0) is 9.53 Å². The van der Waals surface area contributed by atoms with Gasteiger partial charge in [-0.2, -0.15) is 0 Å². The lowest BCUT2D eigenvalue weighted by atomic mass is 10.2. The molecule has 0 spiro atoms. The van der Waals surface area contributed by atoms with Crippen molar-refractivity contribution in [3.63, 3.8) is 0 Å². The van der Waals surface area contributed by atoms with Gasteiger partial charge in [0.2, 0.25) is 0 Å². The number of hydrogen-bond donors (Lipinski definition) is 0. The second-order valence-electron chi connectivity index (χ2n) is 2.95. The van der Waals surface area contributed by atoms with E-state index >= 15 is 0 Å². The predicted molar refractivity (Wildman–Crippen MR) is 60.9 cm³/mol. The van der Waals surface area contributed by atoms with Gasteiger partial charge >= 0.3 is 5.97 Å². The van der Waals surface area contributed by atoms with Crippen molar-refractivity contribution in [3.8, 4) is 5.75 Å². The summed E-state index contributed by atoms with van der Waals surface area (Å²) in [5.41, 5.74) is 0.345. The molecule has 0 heterocycles. The van der Waals surface area contributed by atoms with Crippen LogP contribution in [0.4, 0.5) is 0 Å². The molecule has 0 saturated carbocycles. The third-order valence-electron chi connectivity index (χ3n) is 1.84. The van der Waals surface area contributed by atoms with Crippen LogP contribution in [0.1, 0.15) is 17.3 Å². The molecule has 0 aliphatic heterocycles. The highest BCUT2D eigenvalue weighted by molar-refractivity contribution is 8.13. The van der Waals surface area contributed by atoms with E-state index in [9.17, 15) is 9.59 Å². The zero-order chi connectivity index (χ0) is 12.1. The summed E-state index contributed by atoms with van der Waals surface area (Å²) in [6.07, 6.45) is 0. The summed E-state index contributed by atoms with van der Waals surface area (Å²) in [6.45, 7) is 1.48. The van der Waals surface area contributed by atoms with Gasteiger partial charge in [0, 0.05) is 11.8 Å². The van der Waals surface area contributed by atoms with Crippen molar-refractivity contribution < 1.29 is 19.1 Å². The number of hydrogen-bond acceptors (Lipinski definition) is 5. The van der Waals surface area contributed by atoms with Gasteiger partial charge in [-0.1, -0.05) is 11.8 Å². The summed E-state index contributed by atoms with van der Waals surface area (Å²) < 4.78 is 9.67. The van der Waals surface area contributed by atoms with Gasteiger partial charge in [0.15, 0.2) is 5.12 Å². The molecule has 16 heavy (non-hydrogen) atoms. The lowest BCUT2D eigenvalue weighted by Crippen LogP contribution is -2.04. The first kappa shape index (κ1) is 12.6. The van der Waals surface area contributed by atoms with Crippen molar-refractivity contribution in [3.05, 3.63) is 23.8 Å². The number of methoxy groups -OCH3 is 2. The molecule has 0 N–H and O–H groups in total. The second kappa shape index (κ2) is 5.55. The van der Waals surface area contributed by atoms with Gasteiger partial charge in [0.1, 0.15) is 11.3 Å². The van der Waals surface area contributed by atoms with Gasteiger partial charge in [-0.25, -0.2) is 4.79 Å². The van der Waals surface area contributed by atoms with E-state index in [0.29, 0.717) is 11.3 Å². The Kier molecular flexibility index (Phi) is 4.37. The van der Waals surface area contributed by atoms with E-state index in [2.05, 4.69) is 4.74 Å². The van der Waals surface area contributed by atoms with Crippen LogP contribution in [0.25, 0.3) is 0 Å². The van der Waals surface area contributed by atoms with Crippen LogP contribution in [0.2, 0.25) is 0 Å². The molecule has 1 aromatic rings. The van der Waals surface area contributed by atoms with Crippen LogP contribution >= 0.6 is 11.8 Å². The summed E-state index contributed by atoms with van der Waals surface area (Å²) in [5, 5.41) is -0.0205. The Bertz CT molecular complexity index is 414. The van der Waals surface area contributed by atoms with Crippen molar-refractivity contribution in [2.45, 2.75) is 11.8 Å². The van der Waals surface area contributed by atoms with Crippen LogP contribution < -0.4 is 4.74 Å². The average Bonchev–Trinajstić information content (AvgIpc) is 2.27. The maximum atomic E-state index is 11.4. The smallest absolute Gasteiger partial charge is 0.341 e. The van der Waals surface area contributed by atoms with Gasteiger partial charge in [-0.15, -0.1) is 0 Å². The predicted octanol–water partition coefficient (Wildman–Crippen LogP) is 2.12. The molecule has 0 aromatic heterocycles. The number of rotatable bonds is 3. The number of carbonyl (C=O) groups is 2. The highest BCUT2D eigenvalue weighted by Gasteiger charge is 2.13. The van der Waals surface area contributed by atoms with E-state index < -0.39 is 5.97 Å². The summed E-state index contributed by atoms with van der Waals surface area (Å²) >= 11 is 1.08. The van der Waals surface area contributed by atoms with E-state index in [1.54, 1.807) is 18.2 Å². The molecular formula is C11H12O4S. The monoisotopic (exact) mass is 240 g/mol. The molecule has 86 valence electrons. The molecule has 0 aliphatic carbocycles. The first-order valence-electron chi connectivity index (χ1n) is 4.53. The van der Waals surface area contributed by atoms with Crippen molar-refractivity contribution in [2.75, 3.05) is 14.2 Å². The summed E-state index contributed by atoms with van der Waals surface area (Å²) in [7, 11) is 2.77. The fourth-order valence-corrected chi connectivity index (χ4v) is 1.81. The van der Waals surface area contributed by atoms with Crippen LogP contribution in [0, 0.1) is 0 Å². The molecule has 0 bridgehead atoms. The number of ether oxygens (including phenoxy) is 2. The number of esters is 1. The molecular weight excluding hydrogens is 228 g/mol. The fraction of sp³-hybridized carbons (Fsp3) is 0.273. The normalized spacial score (nSPS) is 9.69. The second-order valence-corrected chi connectivity index (χ2v) is 4.20. The number of carbonyl (C=O) groups excluding carboxylic acids is 2. The van der Waals surface area contributed by atoms with E-state index in [1.165, 1.54) is 21.1 Å². The van der Waals surface area contributed by atoms with Gasteiger partial charge in [0.05, 0.1) is 14.2 Å². The van der Waals surface area contributed by atoms with Gasteiger partial charge in [-0.3, -0.25) is 4.79 Å². The standard InChI is InChI=1S/C11H12O4S/c1-7(12)16-8-4-5-9(11(13)15-3)10(6-8)14-2/h4-6H,1-3H3. The Morgan fingerprint density at radius 3 is 2.44 bits per heavy atom. The third-order valence-corrected chi connectivity index (χ3v) is 2.62. The van der Waals surface area contributed by atoms with Crippen molar-refractivity contribution in [2.24, 2.45) is 0 Å². The molecule has 0 amide bonds. The van der Waals surface area contributed by atoms with E-state index in [4.69, 9.17) is 4.74 Å². The Balaban J connectivity index is 3.06. The van der Waals surface area contributed by atoms with E-state index in [0.717, 1.165) is 16.7 Å². The highest BCUT2D eigenvalue weighted by Crippen LogP contribution is 2.27.